The van der Waals surface area contributed by atoms with E-state index in [0.29, 0.717) is 0 Å². The maximum absolute atomic E-state index is 12.6. The van der Waals surface area contributed by atoms with Crippen LogP contribution in [0.25, 0.3) is 0 Å². The summed E-state index contributed by atoms with van der Waals surface area (Å²) in [5.74, 6) is -1.60. The molecule has 1 N–H and O–H groups in total. The highest BCUT2D eigenvalue weighted by molar-refractivity contribution is 6.02. The normalized spacial score (nSPS) is 11.1. The molecule has 0 spiro atoms. The maximum Gasteiger partial charge on any atom is 0.339 e. The van der Waals surface area contributed by atoms with Crippen molar-refractivity contribution in [2.24, 2.45) is 0 Å². The average molecular weight is 433 g/mol. The zero-order valence-corrected chi connectivity index (χ0v) is 20.3. The first-order valence-electron chi connectivity index (χ1n) is 12.5. The van der Waals surface area contributed by atoms with E-state index in [4.69, 9.17) is 4.74 Å². The molecule has 0 amide bonds. The summed E-state index contributed by atoms with van der Waals surface area (Å²) in [6, 6.07) is 3.53. The number of ether oxygens (including phenoxy) is 1. The lowest BCUT2D eigenvalue weighted by Gasteiger charge is -2.16. The van der Waals surface area contributed by atoms with Gasteiger partial charge in [0, 0.05) is 0 Å². The topological polar surface area (TPSA) is 63.6 Å². The van der Waals surface area contributed by atoms with Crippen molar-refractivity contribution in [2.75, 3.05) is 0 Å². The Bertz CT molecular complexity index is 663. The van der Waals surface area contributed by atoms with E-state index >= 15 is 0 Å². The molecule has 176 valence electrons. The Morgan fingerprint density at radius 1 is 0.742 bits per heavy atom. The molecule has 0 aromatic heterocycles. The molecule has 0 aliphatic heterocycles. The molecule has 0 aliphatic rings. The highest BCUT2D eigenvalue weighted by Gasteiger charge is 2.21. The van der Waals surface area contributed by atoms with Crippen LogP contribution in [0.2, 0.25) is 0 Å². The van der Waals surface area contributed by atoms with Gasteiger partial charge in [-0.2, -0.15) is 0 Å². The van der Waals surface area contributed by atoms with Gasteiger partial charge in [-0.15, -0.1) is 0 Å². The number of aromatic carboxylic acids is 1. The van der Waals surface area contributed by atoms with Gasteiger partial charge in [-0.05, 0) is 62.8 Å². The number of hydrogen-bond acceptors (Lipinski definition) is 3. The molecule has 1 aromatic rings. The Morgan fingerprint density at radius 2 is 1.16 bits per heavy atom. The molecule has 0 radical (unpaired) electrons. The van der Waals surface area contributed by atoms with E-state index < -0.39 is 11.9 Å². The van der Waals surface area contributed by atoms with E-state index in [2.05, 4.69) is 13.8 Å². The first kappa shape index (κ1) is 27.2. The summed E-state index contributed by atoms with van der Waals surface area (Å²) in [6.07, 6.45) is 16.0. The molecule has 0 saturated heterocycles. The molecule has 1 rings (SSSR count). The van der Waals surface area contributed by atoms with Crippen LogP contribution in [-0.2, 0) is 17.6 Å². The third-order valence-electron chi connectivity index (χ3n) is 5.73. The molecule has 0 bridgehead atoms. The van der Waals surface area contributed by atoms with Crippen molar-refractivity contribution < 1.29 is 19.4 Å². The number of carboxylic acid groups (broad SMARTS) is 1. The van der Waals surface area contributed by atoms with Gasteiger partial charge in [-0.3, -0.25) is 0 Å². The Kier molecular flexibility index (Phi) is 13.9. The van der Waals surface area contributed by atoms with Crippen molar-refractivity contribution in [3.63, 3.8) is 0 Å². The number of hydrogen-bond donors (Lipinski definition) is 1. The number of esters is 1. The van der Waals surface area contributed by atoms with Crippen LogP contribution in [0.5, 0.6) is 0 Å². The Hall–Kier alpha value is -1.84. The molecule has 0 unspecified atom stereocenters. The fourth-order valence-corrected chi connectivity index (χ4v) is 3.97. The quantitative estimate of drug-likeness (QED) is 0.202. The van der Waals surface area contributed by atoms with Crippen molar-refractivity contribution in [2.45, 2.75) is 124 Å². The molecule has 0 atom stereocenters. The summed E-state index contributed by atoms with van der Waals surface area (Å²) in [6.45, 7) is 8.00. The molecule has 0 saturated carbocycles. The van der Waals surface area contributed by atoms with Gasteiger partial charge in [0.25, 0.3) is 0 Å². The second-order valence-electron chi connectivity index (χ2n) is 8.96. The average Bonchev–Trinajstić information content (AvgIpc) is 2.72. The summed E-state index contributed by atoms with van der Waals surface area (Å²) < 4.78 is 5.33. The molecule has 4 nitrogen and oxygen atoms in total. The van der Waals surface area contributed by atoms with Crippen LogP contribution in [0.1, 0.15) is 137 Å². The molecule has 1 aromatic carbocycles. The van der Waals surface area contributed by atoms with Crippen molar-refractivity contribution >= 4 is 11.9 Å². The Labute approximate surface area is 189 Å². The van der Waals surface area contributed by atoms with Crippen molar-refractivity contribution in [1.82, 2.24) is 0 Å². The van der Waals surface area contributed by atoms with Crippen LogP contribution < -0.4 is 0 Å². The number of carbonyl (C=O) groups excluding carboxylic acids is 1. The molecule has 31 heavy (non-hydrogen) atoms. The van der Waals surface area contributed by atoms with Crippen LogP contribution in [0.4, 0.5) is 0 Å². The fraction of sp³-hybridized carbons (Fsp3) is 0.704. The number of aryl methyl sites for hydroxylation is 2. The van der Waals surface area contributed by atoms with Gasteiger partial charge in [0.05, 0.1) is 17.2 Å². The van der Waals surface area contributed by atoms with Crippen LogP contribution in [-0.4, -0.2) is 23.1 Å². The standard InChI is InChI=1S/C27H44O4/c1-5-7-9-11-13-15-17-22-19-24(26(28)29)25(27(30)31-21(3)4)20-23(22)18-16-14-12-10-8-6-2/h19-21H,5-18H2,1-4H3,(H,28,29). The highest BCUT2D eigenvalue weighted by Crippen LogP contribution is 2.24. The zero-order valence-electron chi connectivity index (χ0n) is 20.3. The first-order valence-corrected chi connectivity index (χ1v) is 12.5. The van der Waals surface area contributed by atoms with E-state index in [1.165, 1.54) is 57.8 Å². The third-order valence-corrected chi connectivity index (χ3v) is 5.73. The second-order valence-corrected chi connectivity index (χ2v) is 8.96. The lowest BCUT2D eigenvalue weighted by Crippen LogP contribution is -2.17. The van der Waals surface area contributed by atoms with E-state index in [-0.39, 0.29) is 17.2 Å². The number of carbonyl (C=O) groups is 2. The summed E-state index contributed by atoms with van der Waals surface area (Å²) in [4.78, 5) is 24.4. The SMILES string of the molecule is CCCCCCCCc1cc(C(=O)O)c(C(=O)OC(C)C)cc1CCCCCCCC. The van der Waals surface area contributed by atoms with Crippen molar-refractivity contribution in [3.05, 3.63) is 34.4 Å². The van der Waals surface area contributed by atoms with Crippen LogP contribution in [0.15, 0.2) is 12.1 Å². The monoisotopic (exact) mass is 432 g/mol. The fourth-order valence-electron chi connectivity index (χ4n) is 3.97. The van der Waals surface area contributed by atoms with Gasteiger partial charge in [-0.1, -0.05) is 78.1 Å². The first-order chi connectivity index (χ1) is 14.9. The summed E-state index contributed by atoms with van der Waals surface area (Å²) in [5, 5.41) is 9.72. The van der Waals surface area contributed by atoms with E-state index in [9.17, 15) is 14.7 Å². The van der Waals surface area contributed by atoms with E-state index in [0.717, 1.165) is 43.2 Å². The summed E-state index contributed by atoms with van der Waals surface area (Å²) in [7, 11) is 0. The minimum absolute atomic E-state index is 0.0679. The number of carboxylic acids is 1. The van der Waals surface area contributed by atoms with Crippen molar-refractivity contribution in [3.8, 4) is 0 Å². The lowest BCUT2D eigenvalue weighted by molar-refractivity contribution is 0.0370. The minimum Gasteiger partial charge on any atom is -0.478 e. The van der Waals surface area contributed by atoms with Crippen LogP contribution in [0.3, 0.4) is 0 Å². The number of unbranched alkanes of at least 4 members (excludes halogenated alkanes) is 10. The summed E-state index contributed by atoms with van der Waals surface area (Å²) >= 11 is 0. The zero-order chi connectivity index (χ0) is 23.1. The summed E-state index contributed by atoms with van der Waals surface area (Å²) in [5.41, 5.74) is 2.46. The van der Waals surface area contributed by atoms with Gasteiger partial charge in [-0.25, -0.2) is 9.59 Å². The van der Waals surface area contributed by atoms with Gasteiger partial charge >= 0.3 is 11.9 Å². The molecule has 0 fully saturated rings. The third kappa shape index (κ3) is 10.8. The molecular formula is C27H44O4. The van der Waals surface area contributed by atoms with Gasteiger partial charge in [0.1, 0.15) is 0 Å². The predicted octanol–water partition coefficient (Wildman–Crippen LogP) is 7.76. The predicted molar refractivity (Wildman–Crippen MR) is 128 cm³/mol. The maximum atomic E-state index is 12.6. The Morgan fingerprint density at radius 3 is 1.58 bits per heavy atom. The van der Waals surface area contributed by atoms with Crippen LogP contribution in [0, 0.1) is 0 Å². The van der Waals surface area contributed by atoms with Gasteiger partial charge < -0.3 is 9.84 Å². The van der Waals surface area contributed by atoms with Gasteiger partial charge in [0.15, 0.2) is 0 Å². The van der Waals surface area contributed by atoms with Crippen molar-refractivity contribution in [1.29, 1.82) is 0 Å². The number of benzene rings is 1. The largest absolute Gasteiger partial charge is 0.478 e. The molecule has 4 heteroatoms. The van der Waals surface area contributed by atoms with E-state index in [1.807, 2.05) is 0 Å². The smallest absolute Gasteiger partial charge is 0.339 e. The molecule has 0 heterocycles. The van der Waals surface area contributed by atoms with Crippen LogP contribution >= 0.6 is 0 Å². The lowest BCUT2D eigenvalue weighted by atomic mass is 9.91. The van der Waals surface area contributed by atoms with Gasteiger partial charge in [0.2, 0.25) is 0 Å². The molecule has 0 aliphatic carbocycles. The Balaban J connectivity index is 2.96. The van der Waals surface area contributed by atoms with E-state index in [1.54, 1.807) is 26.0 Å². The number of rotatable bonds is 17. The highest BCUT2D eigenvalue weighted by atomic mass is 16.5. The second kappa shape index (κ2) is 15.9. The minimum atomic E-state index is -1.06. The molecular weight excluding hydrogens is 388 g/mol.